The summed E-state index contributed by atoms with van der Waals surface area (Å²) < 4.78 is 5.05. The number of hydrogen-bond acceptors (Lipinski definition) is 4. The van der Waals surface area contributed by atoms with Gasteiger partial charge in [-0.15, -0.1) is 0 Å². The van der Waals surface area contributed by atoms with E-state index in [1.807, 2.05) is 0 Å². The zero-order valence-corrected chi connectivity index (χ0v) is 11.3. The molecule has 0 amide bonds. The standard InChI is InChI=1S/C12H16O4.V/c1-9(2)7-8-15-12(13)10-5-3-4-6-11(10)16-14;/h3-6,9,14H,7-8H2,1-2H3;. The Bertz CT molecular complexity index is 352. The van der Waals surface area contributed by atoms with Crippen molar-refractivity contribution in [1.29, 1.82) is 0 Å². The second kappa shape index (κ2) is 8.17. The van der Waals surface area contributed by atoms with Gasteiger partial charge in [0.05, 0.1) is 6.61 Å². The molecule has 1 N–H and O–H groups in total. The zero-order valence-electron chi connectivity index (χ0n) is 9.92. The van der Waals surface area contributed by atoms with Crippen molar-refractivity contribution < 1.29 is 38.2 Å². The van der Waals surface area contributed by atoms with Gasteiger partial charge in [-0.3, -0.25) is 0 Å². The Morgan fingerprint density at radius 3 is 2.59 bits per heavy atom. The van der Waals surface area contributed by atoms with E-state index >= 15 is 0 Å². The summed E-state index contributed by atoms with van der Waals surface area (Å²) >= 11 is 0. The van der Waals surface area contributed by atoms with Gasteiger partial charge in [0.25, 0.3) is 0 Å². The number of benzene rings is 1. The van der Waals surface area contributed by atoms with Crippen molar-refractivity contribution in [2.45, 2.75) is 20.3 Å². The first-order valence-corrected chi connectivity index (χ1v) is 5.22. The molecule has 1 radical (unpaired) electrons. The van der Waals surface area contributed by atoms with Crippen LogP contribution in [0.25, 0.3) is 0 Å². The molecular weight excluding hydrogens is 259 g/mol. The predicted octanol–water partition coefficient (Wildman–Crippen LogP) is 2.74. The number of carbonyl (C=O) groups is 1. The van der Waals surface area contributed by atoms with Gasteiger partial charge >= 0.3 is 5.97 Å². The molecule has 0 aliphatic heterocycles. The van der Waals surface area contributed by atoms with Crippen molar-refractivity contribution in [3.8, 4) is 5.75 Å². The van der Waals surface area contributed by atoms with Crippen molar-refractivity contribution in [3.05, 3.63) is 29.8 Å². The molecule has 0 aliphatic rings. The number of esters is 1. The van der Waals surface area contributed by atoms with Crippen molar-refractivity contribution in [2.75, 3.05) is 6.61 Å². The van der Waals surface area contributed by atoms with Gasteiger partial charge in [-0.25, -0.2) is 10.1 Å². The summed E-state index contributed by atoms with van der Waals surface area (Å²) in [4.78, 5) is 15.7. The number of hydrogen-bond donors (Lipinski definition) is 1. The van der Waals surface area contributed by atoms with E-state index in [1.54, 1.807) is 18.2 Å². The maximum atomic E-state index is 11.6. The van der Waals surface area contributed by atoms with Crippen molar-refractivity contribution in [2.24, 2.45) is 5.92 Å². The van der Waals surface area contributed by atoms with Crippen LogP contribution in [0.3, 0.4) is 0 Å². The van der Waals surface area contributed by atoms with Crippen LogP contribution in [0.4, 0.5) is 0 Å². The van der Waals surface area contributed by atoms with Crippen LogP contribution in [0.1, 0.15) is 30.6 Å². The van der Waals surface area contributed by atoms with Crippen LogP contribution < -0.4 is 4.89 Å². The fourth-order valence-electron chi connectivity index (χ4n) is 1.18. The van der Waals surface area contributed by atoms with Crippen LogP contribution >= 0.6 is 0 Å². The second-order valence-electron chi connectivity index (χ2n) is 3.91. The van der Waals surface area contributed by atoms with Crippen LogP contribution in [-0.4, -0.2) is 17.8 Å². The summed E-state index contributed by atoms with van der Waals surface area (Å²) in [6, 6.07) is 6.39. The third-order valence-corrected chi connectivity index (χ3v) is 2.13. The number of para-hydroxylation sites is 1. The molecule has 0 aromatic heterocycles. The van der Waals surface area contributed by atoms with E-state index in [-0.39, 0.29) is 29.9 Å². The van der Waals surface area contributed by atoms with Crippen molar-refractivity contribution in [1.82, 2.24) is 0 Å². The summed E-state index contributed by atoms with van der Waals surface area (Å²) in [5.41, 5.74) is 0.230. The van der Waals surface area contributed by atoms with Crippen LogP contribution in [0.5, 0.6) is 5.75 Å². The van der Waals surface area contributed by atoms with E-state index in [0.29, 0.717) is 12.5 Å². The van der Waals surface area contributed by atoms with E-state index in [2.05, 4.69) is 18.7 Å². The molecular formula is C12H16O4V. The molecule has 1 rings (SSSR count). The van der Waals surface area contributed by atoms with Gasteiger partial charge in [-0.1, -0.05) is 26.0 Å². The maximum Gasteiger partial charge on any atom is 0.342 e. The van der Waals surface area contributed by atoms with Gasteiger partial charge < -0.3 is 9.62 Å². The predicted molar refractivity (Wildman–Crippen MR) is 59.4 cm³/mol. The summed E-state index contributed by atoms with van der Waals surface area (Å²) in [5, 5.41) is 8.57. The SMILES string of the molecule is CC(C)CCOC(=O)c1ccccc1OO.[V]. The van der Waals surface area contributed by atoms with Crippen molar-refractivity contribution >= 4 is 5.97 Å². The van der Waals surface area contributed by atoms with Gasteiger partial charge in [0.2, 0.25) is 0 Å². The molecule has 0 aliphatic carbocycles. The Morgan fingerprint density at radius 1 is 1.35 bits per heavy atom. The average molecular weight is 275 g/mol. The van der Waals surface area contributed by atoms with Crippen LogP contribution in [0.15, 0.2) is 24.3 Å². The number of rotatable bonds is 5. The zero-order chi connectivity index (χ0) is 12.0. The molecule has 0 atom stereocenters. The molecule has 0 spiro atoms. The summed E-state index contributed by atoms with van der Waals surface area (Å²) in [5.74, 6) is 0.111. The molecule has 17 heavy (non-hydrogen) atoms. The molecule has 0 unspecified atom stereocenters. The van der Waals surface area contributed by atoms with E-state index < -0.39 is 5.97 Å². The van der Waals surface area contributed by atoms with Gasteiger partial charge in [0.1, 0.15) is 5.56 Å². The van der Waals surface area contributed by atoms with Crippen LogP contribution in [0, 0.1) is 5.92 Å². The van der Waals surface area contributed by atoms with E-state index in [0.717, 1.165) is 6.42 Å². The molecule has 0 saturated heterocycles. The fraction of sp³-hybridized carbons (Fsp3) is 0.417. The maximum absolute atomic E-state index is 11.6. The summed E-state index contributed by atoms with van der Waals surface area (Å²) in [6.07, 6.45) is 0.813. The van der Waals surface area contributed by atoms with Crippen LogP contribution in [0.2, 0.25) is 0 Å². The molecule has 1 aromatic rings. The first kappa shape index (κ1) is 16.0. The van der Waals surface area contributed by atoms with Gasteiger partial charge in [0, 0.05) is 18.6 Å². The minimum Gasteiger partial charge on any atom is -0.462 e. The molecule has 1 aromatic carbocycles. The van der Waals surface area contributed by atoms with Crippen LogP contribution in [-0.2, 0) is 23.3 Å². The molecule has 0 bridgehead atoms. The number of ether oxygens (including phenoxy) is 1. The minimum atomic E-state index is -0.481. The monoisotopic (exact) mass is 275 g/mol. The molecule has 0 heterocycles. The summed E-state index contributed by atoms with van der Waals surface area (Å²) in [7, 11) is 0. The quantitative estimate of drug-likeness (QED) is 0.510. The molecule has 0 fully saturated rings. The van der Waals surface area contributed by atoms with E-state index in [9.17, 15) is 4.79 Å². The molecule has 4 nitrogen and oxygen atoms in total. The normalized spacial score (nSPS) is 9.65. The van der Waals surface area contributed by atoms with E-state index in [4.69, 9.17) is 9.99 Å². The average Bonchev–Trinajstić information content (AvgIpc) is 2.28. The first-order chi connectivity index (χ1) is 7.65. The summed E-state index contributed by atoms with van der Waals surface area (Å²) in [6.45, 7) is 4.48. The number of carbonyl (C=O) groups excluding carboxylic acids is 1. The molecule has 5 heteroatoms. The van der Waals surface area contributed by atoms with Gasteiger partial charge in [-0.05, 0) is 24.5 Å². The van der Waals surface area contributed by atoms with Gasteiger partial charge in [0.15, 0.2) is 5.75 Å². The smallest absolute Gasteiger partial charge is 0.342 e. The third-order valence-electron chi connectivity index (χ3n) is 2.13. The topological polar surface area (TPSA) is 55.8 Å². The molecule has 0 saturated carbocycles. The first-order valence-electron chi connectivity index (χ1n) is 5.22. The Morgan fingerprint density at radius 2 is 2.00 bits per heavy atom. The largest absolute Gasteiger partial charge is 0.462 e. The molecule has 93 valence electrons. The Labute approximate surface area is 113 Å². The second-order valence-corrected chi connectivity index (χ2v) is 3.91. The fourth-order valence-corrected chi connectivity index (χ4v) is 1.18. The van der Waals surface area contributed by atoms with E-state index in [1.165, 1.54) is 6.07 Å². The Kier molecular flexibility index (Phi) is 7.71. The Hall–Kier alpha value is -0.966. The van der Waals surface area contributed by atoms with Gasteiger partial charge in [-0.2, -0.15) is 0 Å². The Balaban J connectivity index is 0.00000256. The third kappa shape index (κ3) is 5.26. The minimum absolute atomic E-state index is 0. The van der Waals surface area contributed by atoms with Crippen molar-refractivity contribution in [3.63, 3.8) is 0 Å².